The predicted octanol–water partition coefficient (Wildman–Crippen LogP) is 3.26. The van der Waals surface area contributed by atoms with E-state index in [1.54, 1.807) is 0 Å². The van der Waals surface area contributed by atoms with Gasteiger partial charge in [0.1, 0.15) is 5.82 Å². The highest BCUT2D eigenvalue weighted by Crippen LogP contribution is 2.46. The summed E-state index contributed by atoms with van der Waals surface area (Å²) in [5.74, 6) is -1.13. The van der Waals surface area contributed by atoms with Gasteiger partial charge in [-0.15, -0.1) is 0 Å². The Kier molecular flexibility index (Phi) is 5.28. The summed E-state index contributed by atoms with van der Waals surface area (Å²) in [6.45, 7) is 0. The van der Waals surface area contributed by atoms with Crippen LogP contribution in [-0.4, -0.2) is 34.3 Å². The summed E-state index contributed by atoms with van der Waals surface area (Å²) >= 11 is 0. The van der Waals surface area contributed by atoms with Gasteiger partial charge in [0.15, 0.2) is 11.5 Å². The standard InChI is InChI=1S/C22H21N3O5S/c26-18-7-6-17(13-19(18)27)24-21(28)16-8-11-23-20(12-16)25-31(29,30)22(9-10-22)14-15-4-2-1-3-5-15/h1-8,11-13,26-27H,9-10,14H2,(H,23,25)(H,24,28). The lowest BCUT2D eigenvalue weighted by Gasteiger charge is -2.18. The highest BCUT2D eigenvalue weighted by atomic mass is 32.2. The van der Waals surface area contributed by atoms with Crippen LogP contribution in [0.4, 0.5) is 11.5 Å². The molecule has 0 bridgehead atoms. The van der Waals surface area contributed by atoms with Crippen LogP contribution in [0.1, 0.15) is 28.8 Å². The Labute approximate surface area is 179 Å². The maximum Gasteiger partial charge on any atom is 0.255 e. The molecule has 4 rings (SSSR count). The number of phenolic OH excluding ortho intramolecular Hbond substituents is 2. The second-order valence-corrected chi connectivity index (χ2v) is 9.62. The number of phenols is 2. The van der Waals surface area contributed by atoms with Crippen LogP contribution >= 0.6 is 0 Å². The summed E-state index contributed by atoms with van der Waals surface area (Å²) in [6, 6.07) is 16.1. The molecule has 1 aromatic heterocycles. The predicted molar refractivity (Wildman–Crippen MR) is 117 cm³/mol. The normalized spacial score (nSPS) is 14.6. The fourth-order valence-corrected chi connectivity index (χ4v) is 4.93. The number of anilines is 2. The molecule has 9 heteroatoms. The van der Waals surface area contributed by atoms with E-state index in [-0.39, 0.29) is 28.6 Å². The Morgan fingerprint density at radius 1 is 1.00 bits per heavy atom. The molecule has 1 fully saturated rings. The first-order chi connectivity index (χ1) is 14.8. The number of sulfonamides is 1. The van der Waals surface area contributed by atoms with Crippen molar-refractivity contribution in [2.75, 3.05) is 10.0 Å². The zero-order valence-electron chi connectivity index (χ0n) is 16.4. The van der Waals surface area contributed by atoms with Crippen LogP contribution in [0.2, 0.25) is 0 Å². The molecule has 1 amide bonds. The molecule has 8 nitrogen and oxygen atoms in total. The minimum atomic E-state index is -3.72. The van der Waals surface area contributed by atoms with E-state index < -0.39 is 20.7 Å². The van der Waals surface area contributed by atoms with E-state index in [1.807, 2.05) is 30.3 Å². The largest absolute Gasteiger partial charge is 0.504 e. The number of aromatic hydroxyl groups is 2. The Hall–Kier alpha value is -3.59. The number of amides is 1. The minimum absolute atomic E-state index is 0.0561. The van der Waals surface area contributed by atoms with Gasteiger partial charge >= 0.3 is 0 Å². The monoisotopic (exact) mass is 439 g/mol. The van der Waals surface area contributed by atoms with Gasteiger partial charge in [-0.2, -0.15) is 0 Å². The first-order valence-electron chi connectivity index (χ1n) is 9.64. The number of carbonyl (C=O) groups is 1. The van der Waals surface area contributed by atoms with Crippen LogP contribution in [0.5, 0.6) is 11.5 Å². The fourth-order valence-electron chi connectivity index (χ4n) is 3.33. The summed E-state index contributed by atoms with van der Waals surface area (Å²) in [5, 5.41) is 21.5. The number of benzene rings is 2. The molecule has 0 aliphatic heterocycles. The number of hydrogen-bond acceptors (Lipinski definition) is 6. The lowest BCUT2D eigenvalue weighted by molar-refractivity contribution is 0.102. The average molecular weight is 439 g/mol. The molecule has 0 spiro atoms. The summed E-state index contributed by atoms with van der Waals surface area (Å²) < 4.78 is 27.7. The van der Waals surface area contributed by atoms with E-state index in [4.69, 9.17) is 0 Å². The van der Waals surface area contributed by atoms with E-state index in [0.29, 0.717) is 19.3 Å². The van der Waals surface area contributed by atoms with E-state index in [9.17, 15) is 23.4 Å². The van der Waals surface area contributed by atoms with Gasteiger partial charge in [0.05, 0.1) is 4.75 Å². The van der Waals surface area contributed by atoms with E-state index in [0.717, 1.165) is 5.56 Å². The van der Waals surface area contributed by atoms with Gasteiger partial charge < -0.3 is 15.5 Å². The average Bonchev–Trinajstić information content (AvgIpc) is 3.53. The number of aromatic nitrogens is 1. The molecule has 0 saturated heterocycles. The SMILES string of the molecule is O=C(Nc1ccc(O)c(O)c1)c1ccnc(NS(=O)(=O)C2(Cc3ccccc3)CC2)c1. The van der Waals surface area contributed by atoms with Crippen LogP contribution in [0.25, 0.3) is 0 Å². The summed E-state index contributed by atoms with van der Waals surface area (Å²) in [7, 11) is -3.72. The molecule has 1 heterocycles. The Morgan fingerprint density at radius 2 is 1.74 bits per heavy atom. The third-order valence-corrected chi connectivity index (χ3v) is 7.41. The topological polar surface area (TPSA) is 129 Å². The van der Waals surface area contributed by atoms with Gasteiger partial charge in [-0.25, -0.2) is 13.4 Å². The Morgan fingerprint density at radius 3 is 2.42 bits per heavy atom. The summed E-state index contributed by atoms with van der Waals surface area (Å²) in [6.07, 6.45) is 2.87. The van der Waals surface area contributed by atoms with Crippen molar-refractivity contribution in [1.29, 1.82) is 0 Å². The number of nitrogens with zero attached hydrogens (tertiary/aromatic N) is 1. The highest BCUT2D eigenvalue weighted by Gasteiger charge is 2.54. The quantitative estimate of drug-likeness (QED) is 0.330. The minimum Gasteiger partial charge on any atom is -0.504 e. The molecule has 0 radical (unpaired) electrons. The number of nitrogens with one attached hydrogen (secondary N) is 2. The van der Waals surface area contributed by atoms with E-state index in [1.165, 1.54) is 36.5 Å². The van der Waals surface area contributed by atoms with Gasteiger partial charge in [0, 0.05) is 23.5 Å². The van der Waals surface area contributed by atoms with Crippen molar-refractivity contribution in [1.82, 2.24) is 4.98 Å². The van der Waals surface area contributed by atoms with Gasteiger partial charge in [-0.05, 0) is 49.1 Å². The molecule has 1 aliphatic carbocycles. The van der Waals surface area contributed by atoms with Gasteiger partial charge in [-0.3, -0.25) is 9.52 Å². The maximum absolute atomic E-state index is 13.0. The zero-order chi connectivity index (χ0) is 22.1. The van der Waals surface area contributed by atoms with E-state index >= 15 is 0 Å². The van der Waals surface area contributed by atoms with Crippen molar-refractivity contribution >= 4 is 27.4 Å². The van der Waals surface area contributed by atoms with Crippen LogP contribution < -0.4 is 10.0 Å². The van der Waals surface area contributed by atoms with Gasteiger partial charge in [0.2, 0.25) is 10.0 Å². The van der Waals surface area contributed by atoms with Crippen molar-refractivity contribution in [3.8, 4) is 11.5 Å². The number of hydrogen-bond donors (Lipinski definition) is 4. The fraction of sp³-hybridized carbons (Fsp3) is 0.182. The van der Waals surface area contributed by atoms with Crippen molar-refractivity contribution < 1.29 is 23.4 Å². The van der Waals surface area contributed by atoms with Gasteiger partial charge in [-0.1, -0.05) is 30.3 Å². The smallest absolute Gasteiger partial charge is 0.255 e. The van der Waals surface area contributed by atoms with Crippen molar-refractivity contribution in [2.45, 2.75) is 24.0 Å². The molecule has 2 aromatic carbocycles. The lowest BCUT2D eigenvalue weighted by Crippen LogP contribution is -2.32. The molecule has 31 heavy (non-hydrogen) atoms. The second kappa shape index (κ2) is 7.92. The molecule has 1 saturated carbocycles. The Balaban J connectivity index is 1.49. The number of rotatable bonds is 7. The molecule has 4 N–H and O–H groups in total. The third kappa shape index (κ3) is 4.46. The van der Waals surface area contributed by atoms with Gasteiger partial charge in [0.25, 0.3) is 5.91 Å². The molecule has 3 aromatic rings. The van der Waals surface area contributed by atoms with Crippen LogP contribution in [-0.2, 0) is 16.4 Å². The number of pyridine rings is 1. The first-order valence-corrected chi connectivity index (χ1v) is 11.1. The lowest BCUT2D eigenvalue weighted by atomic mass is 10.1. The van der Waals surface area contributed by atoms with Crippen molar-refractivity contribution in [2.24, 2.45) is 0 Å². The molecule has 1 aliphatic rings. The summed E-state index contributed by atoms with van der Waals surface area (Å²) in [4.78, 5) is 16.6. The van der Waals surface area contributed by atoms with Crippen LogP contribution in [0, 0.1) is 0 Å². The molecule has 0 unspecified atom stereocenters. The first kappa shape index (κ1) is 20.7. The van der Waals surface area contributed by atoms with Crippen LogP contribution in [0.15, 0.2) is 66.9 Å². The molecular formula is C22H21N3O5S. The summed E-state index contributed by atoms with van der Waals surface area (Å²) in [5.41, 5.74) is 1.41. The zero-order valence-corrected chi connectivity index (χ0v) is 17.3. The van der Waals surface area contributed by atoms with Crippen molar-refractivity contribution in [3.05, 3.63) is 78.0 Å². The molecule has 160 valence electrons. The number of carbonyl (C=O) groups excluding carboxylic acids is 1. The van der Waals surface area contributed by atoms with Crippen molar-refractivity contribution in [3.63, 3.8) is 0 Å². The van der Waals surface area contributed by atoms with E-state index in [2.05, 4.69) is 15.0 Å². The van der Waals surface area contributed by atoms with Crippen LogP contribution in [0.3, 0.4) is 0 Å². The molecular weight excluding hydrogens is 418 g/mol. The Bertz CT molecular complexity index is 1220. The highest BCUT2D eigenvalue weighted by molar-refractivity contribution is 7.94. The molecule has 0 atom stereocenters. The second-order valence-electron chi connectivity index (χ2n) is 7.54. The third-order valence-electron chi connectivity index (χ3n) is 5.24. The maximum atomic E-state index is 13.0.